The van der Waals surface area contributed by atoms with Gasteiger partial charge in [-0.05, 0) is 42.5 Å². The predicted octanol–water partition coefficient (Wildman–Crippen LogP) is 5.41. The maximum atomic E-state index is 14.2. The topological polar surface area (TPSA) is 74.1 Å². The summed E-state index contributed by atoms with van der Waals surface area (Å²) in [6.45, 7) is -0.769. The first kappa shape index (κ1) is 23.1. The van der Waals surface area contributed by atoms with Crippen LogP contribution in [0.4, 0.5) is 8.78 Å². The molecule has 2 heterocycles. The Bertz CT molecular complexity index is 1140. The molecule has 1 atom stereocenters. The Kier molecular flexibility index (Phi) is 6.31. The van der Waals surface area contributed by atoms with Crippen LogP contribution in [0.15, 0.2) is 42.7 Å². The van der Waals surface area contributed by atoms with Gasteiger partial charge in [0.15, 0.2) is 5.78 Å². The number of halogens is 3. The Labute approximate surface area is 195 Å². The minimum absolute atomic E-state index is 0.140. The lowest BCUT2D eigenvalue weighted by molar-refractivity contribution is -0.135. The first-order chi connectivity index (χ1) is 15.7. The molecule has 1 aromatic heterocycles. The van der Waals surface area contributed by atoms with Crippen LogP contribution in [0.2, 0.25) is 5.02 Å². The number of Topliss-reactive ketones (excluding diaryl/α,β-unsaturated/α-hetero) is 1. The predicted molar refractivity (Wildman–Crippen MR) is 121 cm³/mol. The molecule has 0 unspecified atom stereocenters. The molecule has 1 saturated heterocycles. The smallest absolute Gasteiger partial charge is 0.268 e. The van der Waals surface area contributed by atoms with Crippen molar-refractivity contribution in [2.75, 3.05) is 6.54 Å². The van der Waals surface area contributed by atoms with Crippen molar-refractivity contribution in [3.63, 3.8) is 0 Å². The average Bonchev–Trinajstić information content (AvgIpc) is 3.61. The summed E-state index contributed by atoms with van der Waals surface area (Å²) in [4.78, 5) is 30.8. The molecule has 1 aliphatic heterocycles. The van der Waals surface area contributed by atoms with E-state index in [0.717, 1.165) is 10.5 Å². The van der Waals surface area contributed by atoms with Crippen LogP contribution in [0.3, 0.4) is 0 Å². The third-order valence-corrected chi connectivity index (χ3v) is 6.44. The molecule has 1 aromatic carbocycles. The second kappa shape index (κ2) is 9.03. The summed E-state index contributed by atoms with van der Waals surface area (Å²) in [5.74, 6) is -4.19. The van der Waals surface area contributed by atoms with Crippen LogP contribution in [0, 0.1) is 17.2 Å². The second-order valence-corrected chi connectivity index (χ2v) is 9.03. The molecule has 8 heteroatoms. The van der Waals surface area contributed by atoms with Gasteiger partial charge in [-0.2, -0.15) is 5.26 Å². The molecule has 2 aliphatic rings. The van der Waals surface area contributed by atoms with Crippen LogP contribution in [0.1, 0.15) is 53.6 Å². The van der Waals surface area contributed by atoms with E-state index in [-0.39, 0.29) is 24.5 Å². The minimum atomic E-state index is -3.09. The number of carbonyl (C=O) groups is 2. The lowest BCUT2D eigenvalue weighted by Gasteiger charge is -2.31. The Morgan fingerprint density at radius 3 is 2.58 bits per heavy atom. The highest BCUT2D eigenvalue weighted by Crippen LogP contribution is 2.52. The highest BCUT2D eigenvalue weighted by Gasteiger charge is 2.62. The molecule has 2 fully saturated rings. The van der Waals surface area contributed by atoms with Gasteiger partial charge >= 0.3 is 0 Å². The monoisotopic (exact) mass is 469 g/mol. The highest BCUT2D eigenvalue weighted by atomic mass is 35.5. The van der Waals surface area contributed by atoms with Gasteiger partial charge in [0, 0.05) is 41.4 Å². The summed E-state index contributed by atoms with van der Waals surface area (Å²) in [5.41, 5.74) is 0.400. The summed E-state index contributed by atoms with van der Waals surface area (Å²) in [6, 6.07) is 10.8. The Balaban J connectivity index is 1.45. The number of nitrogens with zero attached hydrogens (tertiary/aromatic N) is 3. The van der Waals surface area contributed by atoms with Crippen LogP contribution < -0.4 is 0 Å². The summed E-state index contributed by atoms with van der Waals surface area (Å²) < 4.78 is 28.3. The number of alkyl halides is 2. The summed E-state index contributed by atoms with van der Waals surface area (Å²) >= 11 is 5.90. The molecule has 33 heavy (non-hydrogen) atoms. The van der Waals surface area contributed by atoms with Gasteiger partial charge in [0.25, 0.3) is 5.92 Å². The van der Waals surface area contributed by atoms with Gasteiger partial charge in [-0.15, -0.1) is 0 Å². The van der Waals surface area contributed by atoms with Crippen molar-refractivity contribution in [3.8, 4) is 6.07 Å². The molecule has 170 valence electrons. The number of rotatable bonds is 7. The normalized spacial score (nSPS) is 21.8. The first-order valence-electron chi connectivity index (χ1n) is 10.7. The number of likely N-dealkylation sites (tertiary alicyclic amines) is 1. The Hall–Kier alpha value is -3.11. The number of carbonyl (C=O) groups excluding carboxylic acids is 2. The lowest BCUT2D eigenvalue weighted by Crippen LogP contribution is -2.48. The van der Waals surface area contributed by atoms with Crippen molar-refractivity contribution in [1.29, 1.82) is 5.26 Å². The summed E-state index contributed by atoms with van der Waals surface area (Å²) in [6.07, 6.45) is 6.93. The zero-order valence-corrected chi connectivity index (χ0v) is 18.6. The number of amides is 1. The van der Waals surface area contributed by atoms with Gasteiger partial charge in [0.1, 0.15) is 5.54 Å². The van der Waals surface area contributed by atoms with E-state index in [1.54, 1.807) is 30.5 Å². The summed E-state index contributed by atoms with van der Waals surface area (Å²) in [7, 11) is 0. The van der Waals surface area contributed by atoms with Crippen LogP contribution in [0.5, 0.6) is 0 Å². The van der Waals surface area contributed by atoms with E-state index in [1.807, 2.05) is 24.3 Å². The fraction of sp³-hybridized carbons (Fsp3) is 0.360. The van der Waals surface area contributed by atoms with E-state index in [9.17, 15) is 23.6 Å². The van der Waals surface area contributed by atoms with E-state index < -0.39 is 30.3 Å². The third kappa shape index (κ3) is 4.96. The molecular weight excluding hydrogens is 448 g/mol. The van der Waals surface area contributed by atoms with Gasteiger partial charge in [-0.3, -0.25) is 14.6 Å². The molecule has 2 aromatic rings. The van der Waals surface area contributed by atoms with Crippen molar-refractivity contribution < 1.29 is 18.4 Å². The van der Waals surface area contributed by atoms with Crippen molar-refractivity contribution in [2.45, 2.75) is 43.6 Å². The molecule has 1 saturated carbocycles. The largest absolute Gasteiger partial charge is 0.317 e. The average molecular weight is 470 g/mol. The zero-order valence-electron chi connectivity index (χ0n) is 17.8. The zero-order chi connectivity index (χ0) is 23.6. The van der Waals surface area contributed by atoms with Gasteiger partial charge in [0.05, 0.1) is 19.0 Å². The van der Waals surface area contributed by atoms with E-state index in [1.165, 1.54) is 6.20 Å². The number of ketones is 1. The van der Waals surface area contributed by atoms with Crippen LogP contribution in [0.25, 0.3) is 12.2 Å². The van der Waals surface area contributed by atoms with Crippen molar-refractivity contribution in [3.05, 3.63) is 64.4 Å². The Morgan fingerprint density at radius 1 is 1.18 bits per heavy atom. The van der Waals surface area contributed by atoms with Crippen LogP contribution in [-0.4, -0.2) is 39.6 Å². The van der Waals surface area contributed by atoms with E-state index in [4.69, 9.17) is 11.6 Å². The first-order valence-corrected chi connectivity index (χ1v) is 11.1. The molecule has 1 aliphatic carbocycles. The minimum Gasteiger partial charge on any atom is -0.317 e. The maximum Gasteiger partial charge on any atom is 0.268 e. The van der Waals surface area contributed by atoms with Crippen LogP contribution >= 0.6 is 11.6 Å². The number of nitriles is 1. The number of hydrogen-bond acceptors (Lipinski definition) is 4. The molecule has 4 rings (SSSR count). The number of pyridine rings is 1. The van der Waals surface area contributed by atoms with Gasteiger partial charge in [-0.25, -0.2) is 8.78 Å². The van der Waals surface area contributed by atoms with Crippen molar-refractivity contribution in [2.24, 2.45) is 5.92 Å². The molecule has 1 amide bonds. The third-order valence-electron chi connectivity index (χ3n) is 6.19. The number of aromatic nitrogens is 1. The quantitative estimate of drug-likeness (QED) is 0.508. The van der Waals surface area contributed by atoms with E-state index in [2.05, 4.69) is 4.98 Å². The SMILES string of the molecule is N#C[C@]1(C2CC2)CC(F)(F)CN1C(=O)CCC(=O)c1ccncc1/C=C/c1ccc(Cl)cc1. The Morgan fingerprint density at radius 2 is 1.91 bits per heavy atom. The van der Waals surface area contributed by atoms with E-state index >= 15 is 0 Å². The number of benzene rings is 1. The standard InChI is InChI=1S/C25H22ClF2N3O2/c26-20-7-2-17(3-8-20)1-4-18-13-30-12-11-21(18)22(32)9-10-23(33)31-16-25(27,28)14-24(31,15-29)19-5-6-19/h1-4,7-8,11-13,19H,5-6,9-10,14,16H2/b4-1+/t24-/m0/s1. The molecule has 0 N–H and O–H groups in total. The molecule has 5 nitrogen and oxygen atoms in total. The second-order valence-electron chi connectivity index (χ2n) is 8.59. The fourth-order valence-corrected chi connectivity index (χ4v) is 4.51. The molecule has 0 bridgehead atoms. The van der Waals surface area contributed by atoms with E-state index in [0.29, 0.717) is 29.0 Å². The number of hydrogen-bond donors (Lipinski definition) is 0. The molecule has 0 radical (unpaired) electrons. The fourth-order valence-electron chi connectivity index (χ4n) is 4.39. The lowest BCUT2D eigenvalue weighted by atomic mass is 9.90. The summed E-state index contributed by atoms with van der Waals surface area (Å²) in [5, 5.41) is 10.3. The van der Waals surface area contributed by atoms with Crippen LogP contribution in [-0.2, 0) is 4.79 Å². The van der Waals surface area contributed by atoms with Gasteiger partial charge in [-0.1, -0.05) is 35.9 Å². The maximum absolute atomic E-state index is 14.2. The van der Waals surface area contributed by atoms with Gasteiger partial charge in [0.2, 0.25) is 5.91 Å². The molecule has 0 spiro atoms. The van der Waals surface area contributed by atoms with Crippen molar-refractivity contribution in [1.82, 2.24) is 9.88 Å². The highest BCUT2D eigenvalue weighted by molar-refractivity contribution is 6.30. The van der Waals surface area contributed by atoms with Gasteiger partial charge < -0.3 is 4.90 Å². The molecular formula is C25H22ClF2N3O2. The van der Waals surface area contributed by atoms with Crippen molar-refractivity contribution >= 4 is 35.4 Å².